The first kappa shape index (κ1) is 14.8. The molecule has 0 aliphatic rings. The van der Waals surface area contributed by atoms with Gasteiger partial charge in [0, 0.05) is 18.6 Å². The lowest BCUT2D eigenvalue weighted by Crippen LogP contribution is -2.17. The molecule has 0 saturated carbocycles. The summed E-state index contributed by atoms with van der Waals surface area (Å²) in [5, 5.41) is 10.1. The minimum Gasteiger partial charge on any atom is -0.389 e. The number of anilines is 1. The molecule has 0 unspecified atom stereocenters. The predicted molar refractivity (Wildman–Crippen MR) is 80.6 cm³/mol. The van der Waals surface area contributed by atoms with Gasteiger partial charge in [-0.25, -0.2) is 4.39 Å². The third-order valence-corrected chi connectivity index (χ3v) is 3.41. The van der Waals surface area contributed by atoms with E-state index in [9.17, 15) is 9.50 Å². The van der Waals surface area contributed by atoms with E-state index in [1.54, 1.807) is 19.1 Å². The summed E-state index contributed by atoms with van der Waals surface area (Å²) < 4.78 is 14.1. The van der Waals surface area contributed by atoms with Gasteiger partial charge >= 0.3 is 0 Å². The fourth-order valence-electron chi connectivity index (χ4n) is 2.09. The Balaban J connectivity index is 2.19. The summed E-state index contributed by atoms with van der Waals surface area (Å²) in [4.78, 5) is 1.81. The quantitative estimate of drug-likeness (QED) is 0.914. The van der Waals surface area contributed by atoms with Crippen LogP contribution in [-0.4, -0.2) is 12.2 Å². The molecule has 0 amide bonds. The van der Waals surface area contributed by atoms with E-state index in [-0.39, 0.29) is 5.82 Å². The van der Waals surface area contributed by atoms with Crippen molar-refractivity contribution in [3.8, 4) is 0 Å². The van der Waals surface area contributed by atoms with E-state index in [4.69, 9.17) is 11.6 Å². The second kappa shape index (κ2) is 6.25. The maximum atomic E-state index is 14.1. The molecule has 0 radical (unpaired) electrons. The minimum atomic E-state index is -0.670. The van der Waals surface area contributed by atoms with Gasteiger partial charge in [0.2, 0.25) is 0 Å². The van der Waals surface area contributed by atoms with Crippen LogP contribution in [0, 0.1) is 5.82 Å². The lowest BCUT2D eigenvalue weighted by molar-refractivity contribution is 0.199. The fraction of sp³-hybridized carbons (Fsp3) is 0.250. The Kier molecular flexibility index (Phi) is 4.63. The van der Waals surface area contributed by atoms with Crippen LogP contribution in [0.5, 0.6) is 0 Å². The third-order valence-electron chi connectivity index (χ3n) is 3.17. The Morgan fingerprint density at radius 2 is 2.00 bits per heavy atom. The lowest BCUT2D eigenvalue weighted by Gasteiger charge is -2.21. The standard InChI is InChI=1S/C16H17ClFNO/c1-11(20)13-6-7-16(15(18)9-13)19(2)10-12-4-3-5-14(17)8-12/h3-9,11,20H,10H2,1-2H3/t11-/m0/s1. The Morgan fingerprint density at radius 1 is 1.25 bits per heavy atom. The van der Waals surface area contributed by atoms with Crippen LogP contribution < -0.4 is 4.90 Å². The Morgan fingerprint density at radius 3 is 2.60 bits per heavy atom. The SMILES string of the molecule is C[C@H](O)c1ccc(N(C)Cc2cccc(Cl)c2)c(F)c1. The maximum absolute atomic E-state index is 14.1. The number of aliphatic hydroxyl groups is 1. The van der Waals surface area contributed by atoms with Crippen LogP contribution in [0.15, 0.2) is 42.5 Å². The van der Waals surface area contributed by atoms with E-state index < -0.39 is 6.10 Å². The van der Waals surface area contributed by atoms with Gasteiger partial charge in [0.1, 0.15) is 5.82 Å². The average Bonchev–Trinajstić information content (AvgIpc) is 2.38. The summed E-state index contributed by atoms with van der Waals surface area (Å²) in [6.45, 7) is 2.18. The molecule has 1 atom stereocenters. The third kappa shape index (κ3) is 3.50. The molecule has 0 fully saturated rings. The van der Waals surface area contributed by atoms with E-state index >= 15 is 0 Å². The molecule has 0 saturated heterocycles. The largest absolute Gasteiger partial charge is 0.389 e. The smallest absolute Gasteiger partial charge is 0.146 e. The molecular formula is C16H17ClFNO. The van der Waals surface area contributed by atoms with Crippen molar-refractivity contribution in [2.24, 2.45) is 0 Å². The van der Waals surface area contributed by atoms with E-state index in [0.29, 0.717) is 22.8 Å². The molecule has 1 N–H and O–H groups in total. The molecular weight excluding hydrogens is 277 g/mol. The van der Waals surface area contributed by atoms with Crippen molar-refractivity contribution in [3.63, 3.8) is 0 Å². The molecule has 4 heteroatoms. The Hall–Kier alpha value is -1.58. The molecule has 106 valence electrons. The summed E-state index contributed by atoms with van der Waals surface area (Å²) >= 11 is 5.94. The maximum Gasteiger partial charge on any atom is 0.146 e. The topological polar surface area (TPSA) is 23.5 Å². The molecule has 20 heavy (non-hydrogen) atoms. The monoisotopic (exact) mass is 293 g/mol. The predicted octanol–water partition coefficient (Wildman–Crippen LogP) is 4.17. The first-order chi connectivity index (χ1) is 9.47. The van der Waals surface area contributed by atoms with E-state index in [2.05, 4.69) is 0 Å². The first-order valence-electron chi connectivity index (χ1n) is 6.40. The van der Waals surface area contributed by atoms with Gasteiger partial charge in [-0.3, -0.25) is 0 Å². The van der Waals surface area contributed by atoms with Crippen molar-refractivity contribution in [1.82, 2.24) is 0 Å². The summed E-state index contributed by atoms with van der Waals surface area (Å²) in [7, 11) is 1.82. The van der Waals surface area contributed by atoms with Gasteiger partial charge in [-0.2, -0.15) is 0 Å². The van der Waals surface area contributed by atoms with Crippen LogP contribution >= 0.6 is 11.6 Å². The average molecular weight is 294 g/mol. The van der Waals surface area contributed by atoms with E-state index in [1.165, 1.54) is 6.07 Å². The van der Waals surface area contributed by atoms with E-state index in [0.717, 1.165) is 5.56 Å². The number of hydrogen-bond donors (Lipinski definition) is 1. The second-order valence-electron chi connectivity index (χ2n) is 4.87. The minimum absolute atomic E-state index is 0.340. The van der Waals surface area contributed by atoms with Gasteiger partial charge in [-0.15, -0.1) is 0 Å². The molecule has 2 aromatic rings. The molecule has 2 aromatic carbocycles. The van der Waals surface area contributed by atoms with Crippen molar-refractivity contribution < 1.29 is 9.50 Å². The van der Waals surface area contributed by atoms with Crippen LogP contribution in [0.3, 0.4) is 0 Å². The molecule has 0 aliphatic carbocycles. The molecule has 0 aromatic heterocycles. The normalized spacial score (nSPS) is 12.2. The fourth-order valence-corrected chi connectivity index (χ4v) is 2.30. The van der Waals surface area contributed by atoms with Crippen molar-refractivity contribution in [3.05, 3.63) is 64.4 Å². The van der Waals surface area contributed by atoms with Gasteiger partial charge in [-0.05, 0) is 42.3 Å². The molecule has 0 spiro atoms. The zero-order valence-electron chi connectivity index (χ0n) is 11.5. The molecule has 0 aliphatic heterocycles. The highest BCUT2D eigenvalue weighted by Gasteiger charge is 2.11. The van der Waals surface area contributed by atoms with Crippen LogP contribution in [0.1, 0.15) is 24.2 Å². The lowest BCUT2D eigenvalue weighted by atomic mass is 10.1. The van der Waals surface area contributed by atoms with Gasteiger partial charge < -0.3 is 10.0 Å². The highest BCUT2D eigenvalue weighted by Crippen LogP contribution is 2.24. The zero-order valence-corrected chi connectivity index (χ0v) is 12.2. The van der Waals surface area contributed by atoms with Crippen LogP contribution in [-0.2, 0) is 6.54 Å². The van der Waals surface area contributed by atoms with Crippen LogP contribution in [0.4, 0.5) is 10.1 Å². The number of benzene rings is 2. The van der Waals surface area contributed by atoms with E-state index in [1.807, 2.05) is 36.2 Å². The molecule has 2 rings (SSSR count). The number of nitrogens with zero attached hydrogens (tertiary/aromatic N) is 1. The van der Waals surface area contributed by atoms with Crippen LogP contribution in [0.25, 0.3) is 0 Å². The van der Waals surface area contributed by atoms with Crippen molar-refractivity contribution in [2.45, 2.75) is 19.6 Å². The number of aliphatic hydroxyl groups excluding tert-OH is 1. The zero-order chi connectivity index (χ0) is 14.7. The summed E-state index contributed by atoms with van der Waals surface area (Å²) in [5.74, 6) is -0.340. The highest BCUT2D eigenvalue weighted by molar-refractivity contribution is 6.30. The van der Waals surface area contributed by atoms with Crippen molar-refractivity contribution >= 4 is 17.3 Å². The van der Waals surface area contributed by atoms with Gasteiger partial charge in [0.05, 0.1) is 11.8 Å². The summed E-state index contributed by atoms with van der Waals surface area (Å²) in [5.41, 5.74) is 2.08. The first-order valence-corrected chi connectivity index (χ1v) is 6.78. The van der Waals surface area contributed by atoms with Gasteiger partial charge in [-0.1, -0.05) is 29.8 Å². The van der Waals surface area contributed by atoms with Crippen molar-refractivity contribution in [2.75, 3.05) is 11.9 Å². The van der Waals surface area contributed by atoms with Crippen molar-refractivity contribution in [1.29, 1.82) is 0 Å². The number of rotatable bonds is 4. The number of hydrogen-bond acceptors (Lipinski definition) is 2. The number of halogens is 2. The second-order valence-corrected chi connectivity index (χ2v) is 5.31. The van der Waals surface area contributed by atoms with Gasteiger partial charge in [0.15, 0.2) is 0 Å². The summed E-state index contributed by atoms with van der Waals surface area (Å²) in [6, 6.07) is 12.3. The van der Waals surface area contributed by atoms with Crippen LogP contribution in [0.2, 0.25) is 5.02 Å². The summed E-state index contributed by atoms with van der Waals surface area (Å²) in [6.07, 6.45) is -0.670. The molecule has 0 heterocycles. The Bertz CT molecular complexity index is 601. The highest BCUT2D eigenvalue weighted by atomic mass is 35.5. The molecule has 2 nitrogen and oxygen atoms in total. The van der Waals surface area contributed by atoms with Gasteiger partial charge in [0.25, 0.3) is 0 Å². The molecule has 0 bridgehead atoms. The Labute approximate surface area is 123 Å².